The number of hydrogen-bond donors (Lipinski definition) is 2. The summed E-state index contributed by atoms with van der Waals surface area (Å²) in [7, 11) is 0. The molecule has 1 fully saturated rings. The molecule has 1 aliphatic heterocycles. The molecule has 5 atom stereocenters. The fraction of sp³-hybridized carbons (Fsp3) is 0.800. The van der Waals surface area contributed by atoms with Gasteiger partial charge in [0, 0.05) is 13.8 Å². The van der Waals surface area contributed by atoms with E-state index >= 15 is 0 Å². The lowest BCUT2D eigenvalue weighted by molar-refractivity contribution is -0.284. The van der Waals surface area contributed by atoms with Gasteiger partial charge >= 0.3 is 11.9 Å². The van der Waals surface area contributed by atoms with Crippen LogP contribution in [0.2, 0.25) is 0 Å². The van der Waals surface area contributed by atoms with Gasteiger partial charge in [0.15, 0.2) is 18.5 Å². The molecule has 1 heterocycles. The van der Waals surface area contributed by atoms with Crippen molar-refractivity contribution in [2.75, 3.05) is 0 Å². The van der Waals surface area contributed by atoms with Crippen LogP contribution in [-0.4, -0.2) is 52.9 Å². The SMILES string of the molecule is CC(=O)O[C@@H]1[C@@H](OC(C)=O)[C@H](O)C(O)O[C@H]1C. The van der Waals surface area contributed by atoms with Crippen LogP contribution in [0, 0.1) is 0 Å². The van der Waals surface area contributed by atoms with Crippen molar-refractivity contribution in [1.82, 2.24) is 0 Å². The summed E-state index contributed by atoms with van der Waals surface area (Å²) in [6.07, 6.45) is -5.73. The zero-order chi connectivity index (χ0) is 13.2. The fourth-order valence-corrected chi connectivity index (χ4v) is 1.68. The molecule has 0 saturated carbocycles. The van der Waals surface area contributed by atoms with Gasteiger partial charge in [-0.1, -0.05) is 0 Å². The number of aliphatic hydroxyl groups excluding tert-OH is 2. The highest BCUT2D eigenvalue weighted by molar-refractivity contribution is 5.67. The molecule has 0 aromatic rings. The molecule has 1 saturated heterocycles. The highest BCUT2D eigenvalue weighted by Crippen LogP contribution is 2.24. The van der Waals surface area contributed by atoms with Crippen LogP contribution in [-0.2, 0) is 23.8 Å². The van der Waals surface area contributed by atoms with Crippen LogP contribution in [0.15, 0.2) is 0 Å². The molecular weight excluding hydrogens is 232 g/mol. The van der Waals surface area contributed by atoms with Crippen molar-refractivity contribution >= 4 is 11.9 Å². The summed E-state index contributed by atoms with van der Waals surface area (Å²) in [5, 5.41) is 19.0. The third kappa shape index (κ3) is 3.39. The highest BCUT2D eigenvalue weighted by Gasteiger charge is 2.46. The third-order valence-corrected chi connectivity index (χ3v) is 2.37. The lowest BCUT2D eigenvalue weighted by atomic mass is 9.99. The van der Waals surface area contributed by atoms with E-state index < -0.39 is 42.6 Å². The van der Waals surface area contributed by atoms with E-state index in [-0.39, 0.29) is 0 Å². The van der Waals surface area contributed by atoms with Gasteiger partial charge in [0.2, 0.25) is 0 Å². The Morgan fingerprint density at radius 2 is 1.53 bits per heavy atom. The Labute approximate surface area is 98.3 Å². The first kappa shape index (κ1) is 13.9. The number of carbonyl (C=O) groups excluding carboxylic acids is 2. The van der Waals surface area contributed by atoms with Gasteiger partial charge in [0.25, 0.3) is 0 Å². The summed E-state index contributed by atoms with van der Waals surface area (Å²) < 4.78 is 14.7. The van der Waals surface area contributed by atoms with Crippen molar-refractivity contribution in [3.8, 4) is 0 Å². The van der Waals surface area contributed by atoms with Crippen LogP contribution < -0.4 is 0 Å². The van der Waals surface area contributed by atoms with Crippen LogP contribution in [0.5, 0.6) is 0 Å². The average Bonchev–Trinajstić information content (AvgIpc) is 2.19. The normalized spacial score (nSPS) is 37.4. The van der Waals surface area contributed by atoms with Crippen molar-refractivity contribution in [2.45, 2.75) is 51.5 Å². The second-order valence-corrected chi connectivity index (χ2v) is 3.87. The maximum Gasteiger partial charge on any atom is 0.303 e. The zero-order valence-corrected chi connectivity index (χ0v) is 9.82. The second kappa shape index (κ2) is 5.44. The monoisotopic (exact) mass is 248 g/mol. The van der Waals surface area contributed by atoms with Crippen molar-refractivity contribution in [3.63, 3.8) is 0 Å². The number of esters is 2. The van der Waals surface area contributed by atoms with E-state index in [0.29, 0.717) is 0 Å². The van der Waals surface area contributed by atoms with E-state index in [1.165, 1.54) is 6.92 Å². The van der Waals surface area contributed by atoms with Gasteiger partial charge in [-0.15, -0.1) is 0 Å². The molecule has 1 aliphatic rings. The minimum absolute atomic E-state index is 0.591. The Hall–Kier alpha value is -1.18. The van der Waals surface area contributed by atoms with Gasteiger partial charge in [-0.05, 0) is 6.92 Å². The summed E-state index contributed by atoms with van der Waals surface area (Å²) in [6, 6.07) is 0. The van der Waals surface area contributed by atoms with E-state index in [1.807, 2.05) is 0 Å². The molecule has 0 aliphatic carbocycles. The van der Waals surface area contributed by atoms with Gasteiger partial charge in [-0.25, -0.2) is 0 Å². The largest absolute Gasteiger partial charge is 0.456 e. The van der Waals surface area contributed by atoms with Crippen molar-refractivity contribution in [1.29, 1.82) is 0 Å². The maximum absolute atomic E-state index is 10.9. The van der Waals surface area contributed by atoms with E-state index in [1.54, 1.807) is 6.92 Å². The molecule has 2 N–H and O–H groups in total. The Morgan fingerprint density at radius 1 is 1.06 bits per heavy atom. The smallest absolute Gasteiger partial charge is 0.303 e. The summed E-state index contributed by atoms with van der Waals surface area (Å²) in [5.41, 5.74) is 0. The summed E-state index contributed by atoms with van der Waals surface area (Å²) >= 11 is 0. The lowest BCUT2D eigenvalue weighted by Crippen LogP contribution is -2.59. The topological polar surface area (TPSA) is 102 Å². The highest BCUT2D eigenvalue weighted by atomic mass is 16.7. The summed E-state index contributed by atoms with van der Waals surface area (Å²) in [4.78, 5) is 21.8. The van der Waals surface area contributed by atoms with Crippen molar-refractivity contribution in [3.05, 3.63) is 0 Å². The van der Waals surface area contributed by atoms with Gasteiger partial charge < -0.3 is 24.4 Å². The molecule has 0 bridgehead atoms. The molecule has 0 amide bonds. The quantitative estimate of drug-likeness (QED) is 0.601. The number of rotatable bonds is 2. The van der Waals surface area contributed by atoms with E-state index in [4.69, 9.17) is 14.2 Å². The van der Waals surface area contributed by atoms with Gasteiger partial charge in [-0.3, -0.25) is 9.59 Å². The number of hydrogen-bond acceptors (Lipinski definition) is 7. The van der Waals surface area contributed by atoms with E-state index in [2.05, 4.69) is 0 Å². The standard InChI is InChI=1S/C10H16O7/c1-4-8(16-5(2)11)9(17-6(3)12)7(13)10(14)15-4/h4,7-10,13-14H,1-3H3/t4-,7-,8-,9-,10?/m0/s1. The Kier molecular flexibility index (Phi) is 4.44. The lowest BCUT2D eigenvalue weighted by Gasteiger charge is -2.40. The predicted molar refractivity (Wildman–Crippen MR) is 53.7 cm³/mol. The third-order valence-electron chi connectivity index (χ3n) is 2.37. The van der Waals surface area contributed by atoms with E-state index in [0.717, 1.165) is 6.92 Å². The second-order valence-electron chi connectivity index (χ2n) is 3.87. The minimum Gasteiger partial charge on any atom is -0.456 e. The predicted octanol–water partition coefficient (Wildman–Crippen LogP) is -1.05. The molecule has 7 nitrogen and oxygen atoms in total. The van der Waals surface area contributed by atoms with Gasteiger partial charge in [0.05, 0.1) is 6.10 Å². The molecule has 7 heteroatoms. The number of ether oxygens (including phenoxy) is 3. The Morgan fingerprint density at radius 3 is 2.00 bits per heavy atom. The first-order chi connectivity index (χ1) is 7.82. The molecule has 0 aromatic heterocycles. The molecule has 98 valence electrons. The average molecular weight is 248 g/mol. The van der Waals surface area contributed by atoms with Gasteiger partial charge in [-0.2, -0.15) is 0 Å². The van der Waals surface area contributed by atoms with Crippen LogP contribution in [0.1, 0.15) is 20.8 Å². The summed E-state index contributed by atoms with van der Waals surface area (Å²) in [5.74, 6) is -1.24. The number of aliphatic hydroxyl groups is 2. The molecule has 0 aromatic carbocycles. The zero-order valence-electron chi connectivity index (χ0n) is 9.82. The summed E-state index contributed by atoms with van der Waals surface area (Å²) in [6.45, 7) is 3.89. The molecular formula is C10H16O7. The van der Waals surface area contributed by atoms with Crippen LogP contribution in [0.3, 0.4) is 0 Å². The molecule has 1 unspecified atom stereocenters. The first-order valence-electron chi connectivity index (χ1n) is 5.19. The van der Waals surface area contributed by atoms with Crippen LogP contribution in [0.4, 0.5) is 0 Å². The maximum atomic E-state index is 10.9. The van der Waals surface area contributed by atoms with Crippen LogP contribution >= 0.6 is 0 Å². The molecule has 0 spiro atoms. The minimum atomic E-state index is -1.49. The molecule has 1 rings (SSSR count). The number of carbonyl (C=O) groups is 2. The van der Waals surface area contributed by atoms with Crippen LogP contribution in [0.25, 0.3) is 0 Å². The van der Waals surface area contributed by atoms with E-state index in [9.17, 15) is 19.8 Å². The molecule has 0 radical (unpaired) electrons. The molecule has 17 heavy (non-hydrogen) atoms. The fourth-order valence-electron chi connectivity index (χ4n) is 1.68. The van der Waals surface area contributed by atoms with Crippen molar-refractivity contribution in [2.24, 2.45) is 0 Å². The Balaban J connectivity index is 2.86. The Bertz CT molecular complexity index is 303. The van der Waals surface area contributed by atoms with Crippen molar-refractivity contribution < 1.29 is 34.0 Å². The first-order valence-corrected chi connectivity index (χ1v) is 5.19. The van der Waals surface area contributed by atoms with Gasteiger partial charge in [0.1, 0.15) is 6.10 Å².